The molecule has 1 heterocycles. The van der Waals surface area contributed by atoms with Gasteiger partial charge in [0.15, 0.2) is 0 Å². The van der Waals surface area contributed by atoms with E-state index in [-0.39, 0.29) is 17.0 Å². The lowest BCUT2D eigenvalue weighted by Crippen LogP contribution is -2.27. The number of nitrogens with zero attached hydrogens (tertiary/aromatic N) is 2. The Hall–Kier alpha value is -4.39. The summed E-state index contributed by atoms with van der Waals surface area (Å²) in [5.41, 5.74) is 3.82. The maximum absolute atomic E-state index is 13.4. The molecule has 3 aromatic carbocycles. The van der Waals surface area contributed by atoms with Crippen molar-refractivity contribution in [3.63, 3.8) is 0 Å². The number of pyridine rings is 1. The maximum atomic E-state index is 13.4. The summed E-state index contributed by atoms with van der Waals surface area (Å²) in [6.07, 6.45) is 0. The van der Waals surface area contributed by atoms with Gasteiger partial charge in [-0.3, -0.25) is 14.2 Å². The highest BCUT2D eigenvalue weighted by molar-refractivity contribution is 6.06. The zero-order valence-corrected chi connectivity index (χ0v) is 17.6. The van der Waals surface area contributed by atoms with Gasteiger partial charge in [-0.15, -0.1) is 0 Å². The molecule has 0 radical (unpaired) electrons. The average Bonchev–Trinajstić information content (AvgIpc) is 2.83. The van der Waals surface area contributed by atoms with Crippen LogP contribution in [0.25, 0.3) is 16.6 Å². The number of hydrogen-bond acceptors (Lipinski definition) is 5. The molecule has 0 saturated heterocycles. The summed E-state index contributed by atoms with van der Waals surface area (Å²) >= 11 is 0. The van der Waals surface area contributed by atoms with Crippen LogP contribution < -0.4 is 15.7 Å². The topological polar surface area (TPSA) is 92.9 Å². The highest BCUT2D eigenvalue weighted by Crippen LogP contribution is 2.28. The Labute approximate surface area is 184 Å². The molecule has 0 atom stereocenters. The summed E-state index contributed by atoms with van der Waals surface area (Å²) in [5.74, 6) is -0.00262. The second kappa shape index (κ2) is 8.77. The number of benzene rings is 3. The molecule has 0 aliphatic carbocycles. The van der Waals surface area contributed by atoms with Crippen molar-refractivity contribution in [3.05, 3.63) is 100 Å². The van der Waals surface area contributed by atoms with Gasteiger partial charge in [0.2, 0.25) is 0 Å². The van der Waals surface area contributed by atoms with Crippen LogP contribution >= 0.6 is 0 Å². The minimum Gasteiger partial charge on any atom is -0.506 e. The third kappa shape index (κ3) is 3.83. The van der Waals surface area contributed by atoms with Crippen LogP contribution in [-0.2, 0) is 0 Å². The molecule has 0 unspecified atom stereocenters. The number of methoxy groups -OCH3 is 1. The van der Waals surface area contributed by atoms with Gasteiger partial charge in [0.25, 0.3) is 11.5 Å². The number of aromatic nitrogens is 1. The van der Waals surface area contributed by atoms with Crippen LogP contribution in [0.3, 0.4) is 0 Å². The number of rotatable bonds is 5. The number of amides is 1. The van der Waals surface area contributed by atoms with E-state index in [9.17, 15) is 14.7 Å². The van der Waals surface area contributed by atoms with Crippen molar-refractivity contribution in [3.8, 4) is 17.2 Å². The van der Waals surface area contributed by atoms with Crippen molar-refractivity contribution in [1.29, 1.82) is 0 Å². The van der Waals surface area contributed by atoms with Crippen LogP contribution in [0.2, 0.25) is 0 Å². The fourth-order valence-corrected chi connectivity index (χ4v) is 3.48. The molecule has 32 heavy (non-hydrogen) atoms. The van der Waals surface area contributed by atoms with E-state index in [1.807, 2.05) is 30.3 Å². The zero-order chi connectivity index (χ0) is 22.7. The third-order valence-electron chi connectivity index (χ3n) is 5.11. The van der Waals surface area contributed by atoms with E-state index in [1.54, 1.807) is 62.6 Å². The largest absolute Gasteiger partial charge is 0.506 e. The first-order valence-corrected chi connectivity index (χ1v) is 9.92. The highest BCUT2D eigenvalue weighted by Gasteiger charge is 2.19. The molecule has 1 aromatic heterocycles. The quantitative estimate of drug-likeness (QED) is 0.374. The van der Waals surface area contributed by atoms with Gasteiger partial charge >= 0.3 is 0 Å². The second-order valence-electron chi connectivity index (χ2n) is 7.08. The van der Waals surface area contributed by atoms with E-state index in [1.165, 1.54) is 4.57 Å². The average molecular weight is 427 g/mol. The lowest BCUT2D eigenvalue weighted by atomic mass is 10.1. The van der Waals surface area contributed by atoms with Gasteiger partial charge in [-0.2, -0.15) is 5.10 Å². The van der Waals surface area contributed by atoms with E-state index in [2.05, 4.69) is 10.5 Å². The fourth-order valence-electron chi connectivity index (χ4n) is 3.48. The van der Waals surface area contributed by atoms with Gasteiger partial charge in [0, 0.05) is 16.6 Å². The summed E-state index contributed by atoms with van der Waals surface area (Å²) in [7, 11) is 1.54. The second-order valence-corrected chi connectivity index (χ2v) is 7.08. The molecular formula is C25H21N3O4. The van der Waals surface area contributed by atoms with Gasteiger partial charge in [0.05, 0.1) is 18.3 Å². The summed E-state index contributed by atoms with van der Waals surface area (Å²) in [6, 6.07) is 22.8. The van der Waals surface area contributed by atoms with Crippen molar-refractivity contribution in [2.45, 2.75) is 6.92 Å². The normalized spacial score (nSPS) is 11.4. The van der Waals surface area contributed by atoms with Gasteiger partial charge < -0.3 is 9.84 Å². The van der Waals surface area contributed by atoms with E-state index in [4.69, 9.17) is 4.74 Å². The van der Waals surface area contributed by atoms with Crippen LogP contribution in [-0.4, -0.2) is 28.4 Å². The fraction of sp³-hybridized carbons (Fsp3) is 0.0800. The minimum absolute atomic E-state index is 0.0163. The SMILES string of the molecule is COc1ccc(C(=O)N/N=C(/C)c2c(O)c3ccccc3n(-c3ccccc3)c2=O)cc1. The molecule has 1 amide bonds. The maximum Gasteiger partial charge on any atom is 0.271 e. The van der Waals surface area contributed by atoms with Crippen LogP contribution in [0.4, 0.5) is 0 Å². The number of hydrazone groups is 1. The summed E-state index contributed by atoms with van der Waals surface area (Å²) in [5, 5.41) is 15.5. The number of hydrogen-bond donors (Lipinski definition) is 2. The Balaban J connectivity index is 1.78. The van der Waals surface area contributed by atoms with Gasteiger partial charge in [-0.05, 0) is 55.5 Å². The molecule has 4 aromatic rings. The number of carbonyl (C=O) groups is 1. The molecule has 0 saturated carbocycles. The number of nitrogens with one attached hydrogen (secondary N) is 1. The molecule has 7 nitrogen and oxygen atoms in total. The predicted molar refractivity (Wildman–Crippen MR) is 124 cm³/mol. The first-order chi connectivity index (χ1) is 15.5. The van der Waals surface area contributed by atoms with E-state index in [0.717, 1.165) is 0 Å². The summed E-state index contributed by atoms with van der Waals surface area (Å²) in [4.78, 5) is 25.9. The van der Waals surface area contributed by atoms with Gasteiger partial charge in [-0.25, -0.2) is 5.43 Å². The minimum atomic E-state index is -0.448. The molecule has 0 spiro atoms. The third-order valence-corrected chi connectivity index (χ3v) is 5.11. The molecule has 2 N–H and O–H groups in total. The molecule has 0 aliphatic heterocycles. The molecule has 0 fully saturated rings. The molecular weight excluding hydrogens is 406 g/mol. The summed E-state index contributed by atoms with van der Waals surface area (Å²) in [6.45, 7) is 1.56. The number of ether oxygens (including phenoxy) is 1. The number of fused-ring (bicyclic) bond motifs is 1. The predicted octanol–water partition coefficient (Wildman–Crippen LogP) is 3.86. The van der Waals surface area contributed by atoms with E-state index < -0.39 is 11.5 Å². The Morgan fingerprint density at radius 3 is 2.31 bits per heavy atom. The van der Waals surface area contributed by atoms with Gasteiger partial charge in [0.1, 0.15) is 17.1 Å². The van der Waals surface area contributed by atoms with Crippen LogP contribution in [0, 0.1) is 0 Å². The molecule has 0 aliphatic rings. The summed E-state index contributed by atoms with van der Waals surface area (Å²) < 4.78 is 6.61. The number of aromatic hydroxyl groups is 1. The Kier molecular flexibility index (Phi) is 5.72. The lowest BCUT2D eigenvalue weighted by Gasteiger charge is -2.15. The van der Waals surface area contributed by atoms with Crippen molar-refractivity contribution in [1.82, 2.24) is 9.99 Å². The van der Waals surface area contributed by atoms with Gasteiger partial charge in [-0.1, -0.05) is 30.3 Å². The van der Waals surface area contributed by atoms with Crippen molar-refractivity contribution in [2.75, 3.05) is 7.11 Å². The van der Waals surface area contributed by atoms with E-state index in [0.29, 0.717) is 27.9 Å². The first kappa shape index (κ1) is 20.9. The number of para-hydroxylation sites is 2. The monoisotopic (exact) mass is 427 g/mol. The molecule has 160 valence electrons. The van der Waals surface area contributed by atoms with Crippen molar-refractivity contribution < 1.29 is 14.6 Å². The Bertz CT molecular complexity index is 1370. The molecule has 4 rings (SSSR count). The molecule has 0 bridgehead atoms. The van der Waals surface area contributed by atoms with Crippen molar-refractivity contribution >= 4 is 22.5 Å². The molecule has 7 heteroatoms. The lowest BCUT2D eigenvalue weighted by molar-refractivity contribution is 0.0954. The Morgan fingerprint density at radius 1 is 0.969 bits per heavy atom. The van der Waals surface area contributed by atoms with Crippen LogP contribution in [0.1, 0.15) is 22.8 Å². The number of carbonyl (C=O) groups excluding carboxylic acids is 1. The van der Waals surface area contributed by atoms with Crippen LogP contribution in [0.15, 0.2) is 88.8 Å². The Morgan fingerprint density at radius 2 is 1.62 bits per heavy atom. The van der Waals surface area contributed by atoms with Crippen LogP contribution in [0.5, 0.6) is 11.5 Å². The standard InChI is InChI=1S/C25H21N3O4/c1-16(26-27-24(30)17-12-14-19(32-2)15-13-17)22-23(29)20-10-6-7-11-21(20)28(25(22)31)18-8-4-3-5-9-18/h3-15,29H,1-2H3,(H,27,30)/b26-16-. The zero-order valence-electron chi connectivity index (χ0n) is 17.6. The first-order valence-electron chi connectivity index (χ1n) is 9.92. The van der Waals surface area contributed by atoms with E-state index >= 15 is 0 Å². The van der Waals surface area contributed by atoms with Crippen molar-refractivity contribution in [2.24, 2.45) is 5.10 Å². The highest BCUT2D eigenvalue weighted by atomic mass is 16.5. The smallest absolute Gasteiger partial charge is 0.271 e.